The Balaban J connectivity index is 1.62. The van der Waals surface area contributed by atoms with Crippen LogP contribution in [0.3, 0.4) is 0 Å². The van der Waals surface area contributed by atoms with Crippen LogP contribution in [0.4, 0.5) is 0 Å². The second kappa shape index (κ2) is 8.39. The van der Waals surface area contributed by atoms with Crippen LogP contribution in [0.25, 0.3) is 0 Å². The Hall–Kier alpha value is -3.61. The van der Waals surface area contributed by atoms with Crippen molar-refractivity contribution in [3.8, 4) is 11.5 Å². The van der Waals surface area contributed by atoms with Crippen LogP contribution < -0.4 is 21.3 Å². The van der Waals surface area contributed by atoms with Crippen molar-refractivity contribution in [2.24, 2.45) is 7.05 Å². The molecule has 1 aromatic heterocycles. The fraction of sp³-hybridized carbons (Fsp3) is 0.190. The van der Waals surface area contributed by atoms with Crippen LogP contribution in [0.1, 0.15) is 18.5 Å². The molecule has 0 aliphatic rings. The van der Waals surface area contributed by atoms with Crippen LogP contribution in [0, 0.1) is 0 Å². The highest BCUT2D eigenvalue weighted by Gasteiger charge is 2.12. The van der Waals surface area contributed by atoms with E-state index in [1.54, 1.807) is 0 Å². The van der Waals surface area contributed by atoms with Gasteiger partial charge in [0.1, 0.15) is 18.0 Å². The van der Waals surface area contributed by atoms with Gasteiger partial charge in [-0.15, -0.1) is 0 Å². The Bertz CT molecular complexity index is 1070. The molecule has 7 nitrogen and oxygen atoms in total. The highest BCUT2D eigenvalue weighted by Crippen LogP contribution is 2.23. The second-order valence-electron chi connectivity index (χ2n) is 6.40. The maximum absolute atomic E-state index is 12.3. The molecule has 28 heavy (non-hydrogen) atoms. The molecule has 7 heteroatoms. The maximum atomic E-state index is 12.3. The standard InChI is InChI=1S/C21H21N3O4/c1-15(22-19(25)14-24-13-12-20(26)23(2)21(24)27)16-8-10-18(11-9-16)28-17-6-4-3-5-7-17/h3-13,15H,14H2,1-2H3,(H,22,25). The molecule has 0 saturated carbocycles. The van der Waals surface area contributed by atoms with Crippen molar-refractivity contribution in [2.45, 2.75) is 19.5 Å². The first-order valence-corrected chi connectivity index (χ1v) is 8.83. The van der Waals surface area contributed by atoms with E-state index >= 15 is 0 Å². The van der Waals surface area contributed by atoms with Crippen molar-refractivity contribution in [3.63, 3.8) is 0 Å². The Morgan fingerprint density at radius 1 is 1.00 bits per heavy atom. The molecule has 1 N–H and O–H groups in total. The lowest BCUT2D eigenvalue weighted by atomic mass is 10.1. The summed E-state index contributed by atoms with van der Waals surface area (Å²) >= 11 is 0. The number of para-hydroxylation sites is 1. The van der Waals surface area contributed by atoms with Crippen molar-refractivity contribution in [3.05, 3.63) is 93.3 Å². The van der Waals surface area contributed by atoms with E-state index in [1.165, 1.54) is 23.9 Å². The van der Waals surface area contributed by atoms with Crippen LogP contribution in [0.2, 0.25) is 0 Å². The minimum Gasteiger partial charge on any atom is -0.457 e. The first-order chi connectivity index (χ1) is 13.4. The fourth-order valence-corrected chi connectivity index (χ4v) is 2.71. The van der Waals surface area contributed by atoms with Gasteiger partial charge in [-0.1, -0.05) is 30.3 Å². The predicted octanol–water partition coefficient (Wildman–Crippen LogP) is 2.22. The van der Waals surface area contributed by atoms with Gasteiger partial charge < -0.3 is 10.1 Å². The van der Waals surface area contributed by atoms with Gasteiger partial charge in [0.15, 0.2) is 0 Å². The normalized spacial score (nSPS) is 11.6. The molecule has 1 amide bonds. The minimum atomic E-state index is -0.530. The summed E-state index contributed by atoms with van der Waals surface area (Å²) in [5.41, 5.74) is -0.0351. The first-order valence-electron chi connectivity index (χ1n) is 8.83. The van der Waals surface area contributed by atoms with Crippen molar-refractivity contribution < 1.29 is 9.53 Å². The van der Waals surface area contributed by atoms with Gasteiger partial charge in [0.2, 0.25) is 5.91 Å². The van der Waals surface area contributed by atoms with E-state index in [1.807, 2.05) is 61.5 Å². The third-order valence-electron chi connectivity index (χ3n) is 4.31. The number of hydrogen-bond acceptors (Lipinski definition) is 4. The van der Waals surface area contributed by atoms with Gasteiger partial charge in [-0.05, 0) is 36.8 Å². The van der Waals surface area contributed by atoms with E-state index in [4.69, 9.17) is 4.74 Å². The number of nitrogens with one attached hydrogen (secondary N) is 1. The van der Waals surface area contributed by atoms with Gasteiger partial charge in [-0.25, -0.2) is 4.79 Å². The van der Waals surface area contributed by atoms with E-state index in [2.05, 4.69) is 5.32 Å². The number of nitrogens with zero attached hydrogens (tertiary/aromatic N) is 2. The number of ether oxygens (including phenoxy) is 1. The molecule has 2 aromatic carbocycles. The number of benzene rings is 2. The monoisotopic (exact) mass is 379 g/mol. The molecule has 1 unspecified atom stereocenters. The average Bonchev–Trinajstić information content (AvgIpc) is 2.70. The first kappa shape index (κ1) is 19.2. The summed E-state index contributed by atoms with van der Waals surface area (Å²) in [5, 5.41) is 2.85. The SMILES string of the molecule is CC(NC(=O)Cn1ccc(=O)n(C)c1=O)c1ccc(Oc2ccccc2)cc1. The maximum Gasteiger partial charge on any atom is 0.331 e. The second-order valence-corrected chi connectivity index (χ2v) is 6.40. The molecule has 0 spiro atoms. The third kappa shape index (κ3) is 4.56. The molecule has 0 radical (unpaired) electrons. The highest BCUT2D eigenvalue weighted by atomic mass is 16.5. The molecule has 3 aromatic rings. The van der Waals surface area contributed by atoms with Crippen molar-refractivity contribution in [2.75, 3.05) is 0 Å². The van der Waals surface area contributed by atoms with E-state index in [9.17, 15) is 14.4 Å². The van der Waals surface area contributed by atoms with Crippen LogP contribution in [0.15, 0.2) is 76.4 Å². The summed E-state index contributed by atoms with van der Waals surface area (Å²) in [6, 6.07) is 17.9. The lowest BCUT2D eigenvalue weighted by Crippen LogP contribution is -2.40. The summed E-state index contributed by atoms with van der Waals surface area (Å²) in [4.78, 5) is 35.7. The van der Waals surface area contributed by atoms with Crippen LogP contribution in [-0.2, 0) is 18.4 Å². The average molecular weight is 379 g/mol. The van der Waals surface area contributed by atoms with E-state index in [0.29, 0.717) is 5.75 Å². The van der Waals surface area contributed by atoms with Gasteiger partial charge in [-0.3, -0.25) is 18.7 Å². The van der Waals surface area contributed by atoms with Crippen LogP contribution in [-0.4, -0.2) is 15.0 Å². The summed E-state index contributed by atoms with van der Waals surface area (Å²) < 4.78 is 7.91. The van der Waals surface area contributed by atoms with Gasteiger partial charge in [0, 0.05) is 19.3 Å². The zero-order valence-corrected chi connectivity index (χ0v) is 15.7. The topological polar surface area (TPSA) is 82.3 Å². The Morgan fingerprint density at radius 2 is 1.64 bits per heavy atom. The van der Waals surface area contributed by atoms with Crippen molar-refractivity contribution >= 4 is 5.91 Å². The molecule has 0 bridgehead atoms. The van der Waals surface area contributed by atoms with Gasteiger partial charge in [-0.2, -0.15) is 0 Å². The zero-order chi connectivity index (χ0) is 20.1. The third-order valence-corrected chi connectivity index (χ3v) is 4.31. The molecular weight excluding hydrogens is 358 g/mol. The Labute approximate surface area is 161 Å². The Morgan fingerprint density at radius 3 is 2.32 bits per heavy atom. The molecule has 0 aliphatic carbocycles. The van der Waals surface area contributed by atoms with Crippen molar-refractivity contribution in [1.29, 1.82) is 0 Å². The summed E-state index contributed by atoms with van der Waals surface area (Å²) in [5.74, 6) is 1.13. The van der Waals surface area contributed by atoms with Crippen molar-refractivity contribution in [1.82, 2.24) is 14.5 Å². The fourth-order valence-electron chi connectivity index (χ4n) is 2.71. The number of hydrogen-bond donors (Lipinski definition) is 1. The summed E-state index contributed by atoms with van der Waals surface area (Å²) in [7, 11) is 1.38. The van der Waals surface area contributed by atoms with Crippen LogP contribution in [0.5, 0.6) is 11.5 Å². The number of rotatable bonds is 6. The number of carbonyl (C=O) groups excluding carboxylic acids is 1. The number of carbonyl (C=O) groups is 1. The Kier molecular flexibility index (Phi) is 5.74. The summed E-state index contributed by atoms with van der Waals surface area (Å²) in [6.45, 7) is 1.70. The minimum absolute atomic E-state index is 0.160. The molecule has 0 saturated heterocycles. The zero-order valence-electron chi connectivity index (χ0n) is 15.7. The molecule has 0 aliphatic heterocycles. The predicted molar refractivity (Wildman–Crippen MR) is 105 cm³/mol. The van der Waals surface area contributed by atoms with Gasteiger partial charge in [0.05, 0.1) is 6.04 Å². The number of amides is 1. The highest BCUT2D eigenvalue weighted by molar-refractivity contribution is 5.76. The van der Waals surface area contributed by atoms with E-state index in [-0.39, 0.29) is 18.5 Å². The molecule has 0 fully saturated rings. The number of aromatic nitrogens is 2. The molecular formula is C21H21N3O4. The van der Waals surface area contributed by atoms with Crippen LogP contribution >= 0.6 is 0 Å². The van der Waals surface area contributed by atoms with E-state index in [0.717, 1.165) is 15.9 Å². The quantitative estimate of drug-likeness (QED) is 0.712. The molecule has 3 rings (SSSR count). The van der Waals surface area contributed by atoms with Gasteiger partial charge >= 0.3 is 5.69 Å². The largest absolute Gasteiger partial charge is 0.457 e. The van der Waals surface area contributed by atoms with E-state index < -0.39 is 11.2 Å². The lowest BCUT2D eigenvalue weighted by molar-refractivity contribution is -0.122. The molecule has 1 heterocycles. The molecule has 144 valence electrons. The van der Waals surface area contributed by atoms with Gasteiger partial charge in [0.25, 0.3) is 5.56 Å². The summed E-state index contributed by atoms with van der Waals surface area (Å²) in [6.07, 6.45) is 1.32. The lowest BCUT2D eigenvalue weighted by Gasteiger charge is -2.16. The smallest absolute Gasteiger partial charge is 0.331 e. The molecule has 1 atom stereocenters.